The maximum Gasteiger partial charge on any atom is 0.0471 e. The molecule has 0 saturated carbocycles. The van der Waals surface area contributed by atoms with E-state index in [1.807, 2.05) is 0 Å². The molecule has 0 aliphatic carbocycles. The fourth-order valence-electron chi connectivity index (χ4n) is 9.28. The molecule has 0 saturated heterocycles. The smallest absolute Gasteiger partial charge is 0.0471 e. The minimum atomic E-state index is 0.0562. The van der Waals surface area contributed by atoms with E-state index in [0.29, 0.717) is 0 Å². The van der Waals surface area contributed by atoms with Crippen molar-refractivity contribution in [3.05, 3.63) is 217 Å². The van der Waals surface area contributed by atoms with Crippen molar-refractivity contribution in [2.24, 2.45) is 0 Å². The molecule has 3 nitrogen and oxygen atoms in total. The molecule has 272 valence electrons. The zero-order valence-corrected chi connectivity index (χ0v) is 31.6. The second-order valence-electron chi connectivity index (χ2n) is 15.6. The molecule has 12 aromatic rings. The number of aromatic nitrogens is 3. The molecule has 3 aromatic heterocycles. The van der Waals surface area contributed by atoms with E-state index in [4.69, 9.17) is 0 Å². The van der Waals surface area contributed by atoms with Gasteiger partial charge in [-0.3, -0.25) is 0 Å². The van der Waals surface area contributed by atoms with Gasteiger partial charge in [0.05, 0.1) is 0 Å². The molecule has 58 heavy (non-hydrogen) atoms. The van der Waals surface area contributed by atoms with E-state index >= 15 is 0 Å². The van der Waals surface area contributed by atoms with Crippen molar-refractivity contribution in [2.75, 3.05) is 0 Å². The van der Waals surface area contributed by atoms with Crippen LogP contribution in [0.25, 0.3) is 98.8 Å². The summed E-state index contributed by atoms with van der Waals surface area (Å²) in [5.74, 6) is 0.0562. The van der Waals surface area contributed by atoms with E-state index in [1.54, 1.807) is 0 Å². The van der Waals surface area contributed by atoms with Crippen LogP contribution in [0, 0.1) is 0 Å². The van der Waals surface area contributed by atoms with E-state index in [0.717, 1.165) is 16.6 Å². The largest absolute Gasteiger partial charge is 0.354 e. The quantitative estimate of drug-likeness (QED) is 0.142. The normalized spacial score (nSPS) is 11.9. The molecule has 0 aliphatic heterocycles. The minimum absolute atomic E-state index is 0.0562. The first kappa shape index (κ1) is 32.6. The Kier molecular flexibility index (Phi) is 7.29. The molecule has 0 aliphatic rings. The highest BCUT2D eigenvalue weighted by Gasteiger charge is 2.19. The molecule has 3 heteroatoms. The number of rotatable bonds is 6. The van der Waals surface area contributed by atoms with Gasteiger partial charge < -0.3 is 15.0 Å². The van der Waals surface area contributed by atoms with Crippen molar-refractivity contribution >= 4 is 65.4 Å². The van der Waals surface area contributed by atoms with Crippen LogP contribution in [0.2, 0.25) is 0 Å². The lowest BCUT2D eigenvalue weighted by atomic mass is 9.83. The van der Waals surface area contributed by atoms with Gasteiger partial charge in [0.15, 0.2) is 0 Å². The van der Waals surface area contributed by atoms with Gasteiger partial charge in [0.2, 0.25) is 0 Å². The first-order valence-electron chi connectivity index (χ1n) is 20.0. The summed E-state index contributed by atoms with van der Waals surface area (Å²) < 4.78 is 0. The van der Waals surface area contributed by atoms with Crippen LogP contribution in [0.5, 0.6) is 0 Å². The molecule has 0 bridgehead atoms. The lowest BCUT2D eigenvalue weighted by Gasteiger charge is -2.20. The summed E-state index contributed by atoms with van der Waals surface area (Å²) in [4.78, 5) is 10.9. The number of para-hydroxylation sites is 3. The maximum absolute atomic E-state index is 3.62. The lowest BCUT2D eigenvalue weighted by Crippen LogP contribution is -2.03. The van der Waals surface area contributed by atoms with Crippen LogP contribution in [0.3, 0.4) is 0 Å². The van der Waals surface area contributed by atoms with Crippen LogP contribution in [0.1, 0.15) is 22.6 Å². The van der Waals surface area contributed by atoms with Gasteiger partial charge >= 0.3 is 0 Å². The Labute approximate surface area is 335 Å². The standard InChI is InChI=1S/C55H37N3/c1-4-10-49-43(7-1)46-28-25-40(31-52(46)56-49)34-13-19-37(20-14-34)55(38-21-15-35(16-22-38)41-26-29-47-44-8-2-5-11-50(44)57-53(47)32-41)39-23-17-36(18-24-39)42-27-30-48-45-9-3-6-12-51(45)58-54(48)33-42/h1-33,55-58H. The highest BCUT2D eigenvalue weighted by molar-refractivity contribution is 6.10. The average Bonchev–Trinajstić information content (AvgIpc) is 3.97. The molecule has 0 unspecified atom stereocenters. The Morgan fingerprint density at radius 1 is 0.224 bits per heavy atom. The summed E-state index contributed by atoms with van der Waals surface area (Å²) >= 11 is 0. The fraction of sp³-hybridized carbons (Fsp3) is 0.0182. The molecular formula is C55H37N3. The Morgan fingerprint density at radius 3 is 0.793 bits per heavy atom. The van der Waals surface area contributed by atoms with Crippen molar-refractivity contribution in [3.63, 3.8) is 0 Å². The third-order valence-corrected chi connectivity index (χ3v) is 12.3. The molecular weight excluding hydrogens is 703 g/mol. The van der Waals surface area contributed by atoms with Gasteiger partial charge in [0, 0.05) is 71.3 Å². The van der Waals surface area contributed by atoms with Crippen LogP contribution >= 0.6 is 0 Å². The molecule has 0 amide bonds. The molecule has 0 fully saturated rings. The molecule has 3 N–H and O–H groups in total. The number of H-pyrrole nitrogens is 3. The summed E-state index contributed by atoms with van der Waals surface area (Å²) in [6.45, 7) is 0. The summed E-state index contributed by atoms with van der Waals surface area (Å²) in [7, 11) is 0. The Bertz CT molecular complexity index is 3110. The molecule has 0 atom stereocenters. The van der Waals surface area contributed by atoms with Gasteiger partial charge in [0.25, 0.3) is 0 Å². The predicted octanol–water partition coefficient (Wildman–Crippen LogP) is 14.8. The van der Waals surface area contributed by atoms with E-state index in [-0.39, 0.29) is 5.92 Å². The highest BCUT2D eigenvalue weighted by Crippen LogP contribution is 2.38. The van der Waals surface area contributed by atoms with Crippen LogP contribution in [-0.4, -0.2) is 15.0 Å². The number of benzene rings is 9. The average molecular weight is 740 g/mol. The van der Waals surface area contributed by atoms with Crippen molar-refractivity contribution in [1.29, 1.82) is 0 Å². The van der Waals surface area contributed by atoms with Crippen molar-refractivity contribution in [2.45, 2.75) is 5.92 Å². The number of hydrogen-bond donors (Lipinski definition) is 3. The minimum Gasteiger partial charge on any atom is -0.354 e. The number of nitrogens with one attached hydrogen (secondary N) is 3. The number of aromatic amines is 3. The summed E-state index contributed by atoms with van der Waals surface area (Å²) in [6, 6.07) is 73.4. The van der Waals surface area contributed by atoms with Gasteiger partial charge in [-0.25, -0.2) is 0 Å². The first-order chi connectivity index (χ1) is 28.7. The van der Waals surface area contributed by atoms with Gasteiger partial charge in [-0.15, -0.1) is 0 Å². The second kappa shape index (κ2) is 13.0. The zero-order valence-electron chi connectivity index (χ0n) is 31.6. The Balaban J connectivity index is 0.911. The monoisotopic (exact) mass is 739 g/mol. The van der Waals surface area contributed by atoms with Gasteiger partial charge in [0.1, 0.15) is 0 Å². The molecule has 3 heterocycles. The van der Waals surface area contributed by atoms with E-state index < -0.39 is 0 Å². The first-order valence-corrected chi connectivity index (χ1v) is 20.0. The SMILES string of the molecule is c1ccc2c(c1)[nH]c1cc(-c3ccc(C(c4ccc(-c5ccc6c(c5)[nH]c5ccccc56)cc4)c4ccc(-c5ccc6c(c5)[nH]c5ccccc56)cc4)cc3)ccc12. The fourth-order valence-corrected chi connectivity index (χ4v) is 9.28. The van der Waals surface area contributed by atoms with Gasteiger partial charge in [-0.05, 0) is 86.5 Å². The molecule has 0 radical (unpaired) electrons. The summed E-state index contributed by atoms with van der Waals surface area (Å²) in [6.07, 6.45) is 0. The number of fused-ring (bicyclic) bond motifs is 9. The topological polar surface area (TPSA) is 47.4 Å². The highest BCUT2D eigenvalue weighted by atomic mass is 14.7. The van der Waals surface area contributed by atoms with Crippen LogP contribution in [0.4, 0.5) is 0 Å². The van der Waals surface area contributed by atoms with Crippen molar-refractivity contribution in [1.82, 2.24) is 15.0 Å². The van der Waals surface area contributed by atoms with Crippen LogP contribution in [0.15, 0.2) is 200 Å². The molecule has 12 rings (SSSR count). The van der Waals surface area contributed by atoms with Gasteiger partial charge in [-0.2, -0.15) is 0 Å². The summed E-state index contributed by atoms with van der Waals surface area (Å²) in [5.41, 5.74) is 18.0. The summed E-state index contributed by atoms with van der Waals surface area (Å²) in [5, 5.41) is 7.55. The van der Waals surface area contributed by atoms with Crippen molar-refractivity contribution in [3.8, 4) is 33.4 Å². The van der Waals surface area contributed by atoms with Crippen LogP contribution < -0.4 is 0 Å². The third-order valence-electron chi connectivity index (χ3n) is 12.3. The third kappa shape index (κ3) is 5.36. The van der Waals surface area contributed by atoms with E-state index in [1.165, 1.54) is 98.9 Å². The Hall–Kier alpha value is -7.62. The predicted molar refractivity (Wildman–Crippen MR) is 245 cm³/mol. The van der Waals surface area contributed by atoms with Crippen LogP contribution in [-0.2, 0) is 0 Å². The Morgan fingerprint density at radius 2 is 0.483 bits per heavy atom. The second-order valence-corrected chi connectivity index (χ2v) is 15.6. The maximum atomic E-state index is 3.62. The van der Waals surface area contributed by atoms with E-state index in [9.17, 15) is 0 Å². The number of hydrogen-bond acceptors (Lipinski definition) is 0. The van der Waals surface area contributed by atoms with E-state index in [2.05, 4.69) is 215 Å². The van der Waals surface area contributed by atoms with Gasteiger partial charge in [-0.1, -0.05) is 164 Å². The molecule has 0 spiro atoms. The zero-order chi connectivity index (χ0) is 38.2. The molecule has 9 aromatic carbocycles. The lowest BCUT2D eigenvalue weighted by molar-refractivity contribution is 0.978. The van der Waals surface area contributed by atoms with Crippen molar-refractivity contribution < 1.29 is 0 Å².